The lowest BCUT2D eigenvalue weighted by molar-refractivity contribution is -0.907. The Labute approximate surface area is 178 Å². The van der Waals surface area contributed by atoms with Crippen LogP contribution in [0.4, 0.5) is 0 Å². The average molecular weight is 403 g/mol. The molecule has 0 aromatic carbocycles. The molecule has 29 heavy (non-hydrogen) atoms. The lowest BCUT2D eigenvalue weighted by Crippen LogP contribution is -3.13. The monoisotopic (exact) mass is 402 g/mol. The number of piperidine rings is 1. The number of hydrogen-bond acceptors (Lipinski definition) is 2. The zero-order valence-electron chi connectivity index (χ0n) is 19.1. The van der Waals surface area contributed by atoms with Crippen molar-refractivity contribution in [2.45, 2.75) is 97.5 Å². The molecule has 164 valence electrons. The lowest BCUT2D eigenvalue weighted by atomic mass is 9.40. The van der Waals surface area contributed by atoms with E-state index >= 15 is 0 Å². The highest BCUT2D eigenvalue weighted by Crippen LogP contribution is 2.69. The molecule has 0 radical (unpaired) electrons. The number of quaternary nitrogens is 1. The topological polar surface area (TPSA) is 41.7 Å². The summed E-state index contributed by atoms with van der Waals surface area (Å²) >= 11 is 0. The number of aliphatic hydroxyl groups excluding tert-OH is 1. The number of hydrogen-bond donors (Lipinski definition) is 2. The lowest BCUT2D eigenvalue weighted by Gasteiger charge is -2.64. The standard InChI is InChI=1S/C26H43NO2/c1-24-10-8-20-21(26(24,3)12-7-19(28)16-24)9-11-25(2)22(20)15-18(23(25)29)17-27-13-5-4-6-14-27/h18-22,28H,4-17H2,1-3H3/p+1/t18-,19+,20-,21-,22-,24+,25-,26+/m1/s1. The first kappa shape index (κ1) is 20.5. The van der Waals surface area contributed by atoms with Crippen molar-refractivity contribution in [3.05, 3.63) is 0 Å². The van der Waals surface area contributed by atoms with Crippen molar-refractivity contribution < 1.29 is 14.8 Å². The van der Waals surface area contributed by atoms with Gasteiger partial charge in [-0.15, -0.1) is 0 Å². The number of fused-ring (bicyclic) bond motifs is 5. The quantitative estimate of drug-likeness (QED) is 0.740. The van der Waals surface area contributed by atoms with E-state index in [1.165, 1.54) is 64.5 Å². The molecule has 5 rings (SSSR count). The smallest absolute Gasteiger partial charge is 0.147 e. The second kappa shape index (κ2) is 7.05. The van der Waals surface area contributed by atoms with Crippen LogP contribution in [0.2, 0.25) is 0 Å². The molecule has 0 amide bonds. The Balaban J connectivity index is 1.37. The number of carbonyl (C=O) groups is 1. The van der Waals surface area contributed by atoms with Gasteiger partial charge in [0.25, 0.3) is 0 Å². The zero-order valence-corrected chi connectivity index (χ0v) is 19.1. The SMILES string of the molecule is C[C@@]12CC[C@H]3[C@H]4C[C@H](C[NH+]5CCCCC5)C(=O)[C@]4(C)CC[C@H]3[C@]1(C)CC[C@H](O)C2. The van der Waals surface area contributed by atoms with Gasteiger partial charge in [-0.1, -0.05) is 20.8 Å². The fraction of sp³-hybridized carbons (Fsp3) is 0.962. The van der Waals surface area contributed by atoms with Crippen molar-refractivity contribution in [2.24, 2.45) is 39.9 Å². The molecule has 4 saturated carbocycles. The van der Waals surface area contributed by atoms with Gasteiger partial charge in [0.15, 0.2) is 0 Å². The molecule has 1 aliphatic heterocycles. The van der Waals surface area contributed by atoms with Gasteiger partial charge in [-0.2, -0.15) is 0 Å². The van der Waals surface area contributed by atoms with Gasteiger partial charge in [-0.05, 0) is 99.2 Å². The summed E-state index contributed by atoms with van der Waals surface area (Å²) in [4.78, 5) is 15.3. The van der Waals surface area contributed by atoms with Crippen LogP contribution in [0.1, 0.15) is 91.4 Å². The highest BCUT2D eigenvalue weighted by molar-refractivity contribution is 5.89. The van der Waals surface area contributed by atoms with E-state index in [2.05, 4.69) is 20.8 Å². The van der Waals surface area contributed by atoms with Gasteiger partial charge in [0, 0.05) is 5.41 Å². The molecule has 0 unspecified atom stereocenters. The third-order valence-corrected chi connectivity index (χ3v) is 11.3. The minimum Gasteiger partial charge on any atom is -0.393 e. The Bertz CT molecular complexity index is 657. The van der Waals surface area contributed by atoms with Gasteiger partial charge in [0.1, 0.15) is 5.78 Å². The molecule has 1 heterocycles. The van der Waals surface area contributed by atoms with E-state index < -0.39 is 0 Å². The summed E-state index contributed by atoms with van der Waals surface area (Å²) < 4.78 is 0. The van der Waals surface area contributed by atoms with Crippen LogP contribution in [-0.4, -0.2) is 36.6 Å². The van der Waals surface area contributed by atoms with Gasteiger partial charge in [0.05, 0.1) is 31.7 Å². The third-order valence-electron chi connectivity index (χ3n) is 11.3. The first-order valence-corrected chi connectivity index (χ1v) is 12.8. The highest BCUT2D eigenvalue weighted by Gasteiger charge is 2.65. The number of nitrogens with one attached hydrogen (secondary N) is 1. The van der Waals surface area contributed by atoms with E-state index in [0.29, 0.717) is 28.4 Å². The highest BCUT2D eigenvalue weighted by atomic mass is 16.3. The Morgan fingerprint density at radius 1 is 0.966 bits per heavy atom. The average Bonchev–Trinajstić information content (AvgIpc) is 2.95. The minimum absolute atomic E-state index is 0.0423. The van der Waals surface area contributed by atoms with Crippen LogP contribution < -0.4 is 4.90 Å². The molecule has 5 fully saturated rings. The number of rotatable bonds is 2. The van der Waals surface area contributed by atoms with Crippen molar-refractivity contribution in [1.82, 2.24) is 0 Å². The summed E-state index contributed by atoms with van der Waals surface area (Å²) in [6.45, 7) is 11.1. The maximum Gasteiger partial charge on any atom is 0.147 e. The van der Waals surface area contributed by atoms with Crippen molar-refractivity contribution in [1.29, 1.82) is 0 Å². The van der Waals surface area contributed by atoms with Gasteiger partial charge in [-0.25, -0.2) is 0 Å². The Morgan fingerprint density at radius 3 is 2.48 bits per heavy atom. The predicted molar refractivity (Wildman–Crippen MR) is 116 cm³/mol. The molecule has 0 aromatic rings. The van der Waals surface area contributed by atoms with Crippen LogP contribution in [0.5, 0.6) is 0 Å². The molecular formula is C26H44NO2+. The van der Waals surface area contributed by atoms with E-state index in [-0.39, 0.29) is 11.5 Å². The molecule has 3 heteroatoms. The van der Waals surface area contributed by atoms with Gasteiger partial charge >= 0.3 is 0 Å². The van der Waals surface area contributed by atoms with Crippen molar-refractivity contribution in [3.8, 4) is 0 Å². The number of Topliss-reactive ketones (excluding diaryl/α,β-unsaturated/α-hetero) is 1. The normalized spacial score (nSPS) is 53.2. The minimum atomic E-state index is -0.0940. The van der Waals surface area contributed by atoms with E-state index in [1.54, 1.807) is 4.90 Å². The molecule has 1 saturated heterocycles. The summed E-state index contributed by atoms with van der Waals surface area (Å²) in [6, 6.07) is 0. The van der Waals surface area contributed by atoms with Gasteiger partial charge < -0.3 is 10.0 Å². The molecule has 3 nitrogen and oxygen atoms in total. The number of likely N-dealkylation sites (tertiary alicyclic amines) is 1. The zero-order chi connectivity index (χ0) is 20.4. The molecule has 0 aromatic heterocycles. The van der Waals surface area contributed by atoms with Crippen LogP contribution in [-0.2, 0) is 4.79 Å². The van der Waals surface area contributed by atoms with Crippen LogP contribution in [0, 0.1) is 39.9 Å². The number of aliphatic hydroxyl groups is 1. The van der Waals surface area contributed by atoms with E-state index in [9.17, 15) is 9.90 Å². The largest absolute Gasteiger partial charge is 0.393 e. The summed E-state index contributed by atoms with van der Waals surface area (Å²) in [5.41, 5.74) is 0.606. The van der Waals surface area contributed by atoms with E-state index in [4.69, 9.17) is 0 Å². The van der Waals surface area contributed by atoms with Crippen molar-refractivity contribution in [2.75, 3.05) is 19.6 Å². The summed E-state index contributed by atoms with van der Waals surface area (Å²) in [5, 5.41) is 10.4. The second-order valence-corrected chi connectivity index (χ2v) is 12.6. The van der Waals surface area contributed by atoms with Crippen molar-refractivity contribution in [3.63, 3.8) is 0 Å². The Morgan fingerprint density at radius 2 is 1.72 bits per heavy atom. The molecule has 2 N–H and O–H groups in total. The van der Waals surface area contributed by atoms with Crippen LogP contribution in [0.3, 0.4) is 0 Å². The molecule has 4 aliphatic carbocycles. The number of ketones is 1. The maximum atomic E-state index is 13.6. The maximum absolute atomic E-state index is 13.6. The van der Waals surface area contributed by atoms with E-state index in [1.807, 2.05) is 0 Å². The van der Waals surface area contributed by atoms with E-state index in [0.717, 1.165) is 37.6 Å². The molecule has 0 spiro atoms. The summed E-state index contributed by atoms with van der Waals surface area (Å²) in [5.74, 6) is 3.09. The fourth-order valence-corrected chi connectivity index (χ4v) is 9.33. The predicted octanol–water partition coefficient (Wildman–Crippen LogP) is 3.64. The number of carbonyl (C=O) groups excluding carboxylic acids is 1. The molecular weight excluding hydrogens is 358 g/mol. The van der Waals surface area contributed by atoms with Crippen LogP contribution >= 0.6 is 0 Å². The van der Waals surface area contributed by atoms with Crippen LogP contribution in [0.25, 0.3) is 0 Å². The van der Waals surface area contributed by atoms with Crippen LogP contribution in [0.15, 0.2) is 0 Å². The fourth-order valence-electron chi connectivity index (χ4n) is 9.33. The first-order chi connectivity index (χ1) is 13.8. The summed E-state index contributed by atoms with van der Waals surface area (Å²) in [7, 11) is 0. The molecule has 5 aliphatic rings. The third kappa shape index (κ3) is 3.00. The van der Waals surface area contributed by atoms with Crippen molar-refractivity contribution >= 4 is 5.78 Å². The molecule has 8 atom stereocenters. The summed E-state index contributed by atoms with van der Waals surface area (Å²) in [6.07, 6.45) is 13.2. The second-order valence-electron chi connectivity index (χ2n) is 12.6. The van der Waals surface area contributed by atoms with Gasteiger partial charge in [-0.3, -0.25) is 4.79 Å². The Hall–Kier alpha value is -0.410. The Kier molecular flexibility index (Phi) is 4.98. The first-order valence-electron chi connectivity index (χ1n) is 12.8. The molecule has 0 bridgehead atoms. The van der Waals surface area contributed by atoms with Gasteiger partial charge in [0.2, 0.25) is 0 Å².